The maximum Gasteiger partial charge on any atom is 0.311 e. The Hall–Kier alpha value is -2.57. The number of aromatic nitrogens is 1. The van der Waals surface area contributed by atoms with E-state index in [0.717, 1.165) is 12.1 Å². The summed E-state index contributed by atoms with van der Waals surface area (Å²) in [6.07, 6.45) is 2.34. The first kappa shape index (κ1) is 13.9. The molecule has 0 saturated heterocycles. The Labute approximate surface area is 115 Å². The number of anilines is 1. The normalized spacial score (nSPS) is 10.2. The van der Waals surface area contributed by atoms with Crippen LogP contribution in [0.25, 0.3) is 0 Å². The van der Waals surface area contributed by atoms with E-state index < -0.39 is 4.92 Å². The number of nitrogens with zero attached hydrogens (tertiary/aromatic N) is 2. The standard InChI is InChI=1S/C13H15N3O4/c1-2-7-19-13-8-10(3-4-12(13)16(17)18)14-9-11-5-6-15-20-11/h3-6,8,14H,2,7,9H2,1H3. The van der Waals surface area contributed by atoms with Crippen LogP contribution in [0.5, 0.6) is 5.75 Å². The maximum atomic E-state index is 10.9. The summed E-state index contributed by atoms with van der Waals surface area (Å²) in [5.41, 5.74) is 0.682. The molecule has 0 fully saturated rings. The molecule has 0 atom stereocenters. The second kappa shape index (κ2) is 6.55. The molecule has 0 saturated carbocycles. The van der Waals surface area contributed by atoms with Gasteiger partial charge in [-0.3, -0.25) is 10.1 Å². The smallest absolute Gasteiger partial charge is 0.311 e. The van der Waals surface area contributed by atoms with Gasteiger partial charge in [0.15, 0.2) is 11.5 Å². The fourth-order valence-corrected chi connectivity index (χ4v) is 1.63. The van der Waals surface area contributed by atoms with Gasteiger partial charge in [0, 0.05) is 23.9 Å². The molecule has 2 aromatic rings. The molecule has 7 heteroatoms. The summed E-state index contributed by atoms with van der Waals surface area (Å²) >= 11 is 0. The molecule has 0 aliphatic rings. The Morgan fingerprint density at radius 1 is 1.45 bits per heavy atom. The Morgan fingerprint density at radius 2 is 2.30 bits per heavy atom. The fraction of sp³-hybridized carbons (Fsp3) is 0.308. The minimum absolute atomic E-state index is 0.0383. The fourth-order valence-electron chi connectivity index (χ4n) is 1.63. The largest absolute Gasteiger partial charge is 0.487 e. The number of hydrogen-bond acceptors (Lipinski definition) is 6. The van der Waals surface area contributed by atoms with Crippen LogP contribution < -0.4 is 10.1 Å². The molecule has 0 bridgehead atoms. The van der Waals surface area contributed by atoms with Crippen molar-refractivity contribution in [1.29, 1.82) is 0 Å². The third-order valence-electron chi connectivity index (χ3n) is 2.58. The monoisotopic (exact) mass is 277 g/mol. The van der Waals surface area contributed by atoms with E-state index >= 15 is 0 Å². The van der Waals surface area contributed by atoms with Crippen LogP contribution in [0.15, 0.2) is 35.0 Å². The molecule has 7 nitrogen and oxygen atoms in total. The van der Waals surface area contributed by atoms with Gasteiger partial charge in [-0.05, 0) is 12.5 Å². The third-order valence-corrected chi connectivity index (χ3v) is 2.58. The van der Waals surface area contributed by atoms with E-state index in [0.29, 0.717) is 18.9 Å². The first-order valence-electron chi connectivity index (χ1n) is 6.25. The topological polar surface area (TPSA) is 90.4 Å². The summed E-state index contributed by atoms with van der Waals surface area (Å²) in [7, 11) is 0. The second-order valence-electron chi connectivity index (χ2n) is 4.12. The van der Waals surface area contributed by atoms with Crippen molar-refractivity contribution in [2.24, 2.45) is 0 Å². The van der Waals surface area contributed by atoms with Gasteiger partial charge in [-0.25, -0.2) is 0 Å². The van der Waals surface area contributed by atoms with Crippen molar-refractivity contribution in [1.82, 2.24) is 5.16 Å². The van der Waals surface area contributed by atoms with Crippen LogP contribution in [0.1, 0.15) is 19.1 Å². The number of rotatable bonds is 7. The molecule has 0 aliphatic carbocycles. The number of ether oxygens (including phenoxy) is 1. The predicted octanol–water partition coefficient (Wildman–Crippen LogP) is 2.98. The van der Waals surface area contributed by atoms with Crippen LogP contribution in [-0.4, -0.2) is 16.7 Å². The van der Waals surface area contributed by atoms with Crippen molar-refractivity contribution in [3.05, 3.63) is 46.3 Å². The molecule has 20 heavy (non-hydrogen) atoms. The summed E-state index contributed by atoms with van der Waals surface area (Å²) in [6, 6.07) is 6.41. The van der Waals surface area contributed by atoms with Gasteiger partial charge < -0.3 is 14.6 Å². The number of nitro groups is 1. The van der Waals surface area contributed by atoms with E-state index in [1.807, 2.05) is 6.92 Å². The highest BCUT2D eigenvalue weighted by atomic mass is 16.6. The van der Waals surface area contributed by atoms with Crippen LogP contribution in [-0.2, 0) is 6.54 Å². The van der Waals surface area contributed by atoms with E-state index in [9.17, 15) is 10.1 Å². The number of hydrogen-bond donors (Lipinski definition) is 1. The molecular weight excluding hydrogens is 262 g/mol. The molecular formula is C13H15N3O4. The molecule has 2 rings (SSSR count). The van der Waals surface area contributed by atoms with Crippen LogP contribution >= 0.6 is 0 Å². The molecule has 0 aliphatic heterocycles. The maximum absolute atomic E-state index is 10.9. The molecule has 1 heterocycles. The summed E-state index contributed by atoms with van der Waals surface area (Å²) in [5.74, 6) is 0.943. The van der Waals surface area contributed by atoms with Gasteiger partial charge in [-0.1, -0.05) is 12.1 Å². The quantitative estimate of drug-likeness (QED) is 0.618. The highest BCUT2D eigenvalue weighted by Crippen LogP contribution is 2.30. The van der Waals surface area contributed by atoms with Crippen molar-refractivity contribution >= 4 is 11.4 Å². The van der Waals surface area contributed by atoms with Gasteiger partial charge in [0.25, 0.3) is 0 Å². The van der Waals surface area contributed by atoms with Crippen molar-refractivity contribution in [2.75, 3.05) is 11.9 Å². The minimum atomic E-state index is -0.453. The molecule has 1 aromatic heterocycles. The summed E-state index contributed by atoms with van der Waals surface area (Å²) in [6.45, 7) is 2.83. The van der Waals surface area contributed by atoms with E-state index in [-0.39, 0.29) is 11.4 Å². The lowest BCUT2D eigenvalue weighted by atomic mass is 10.2. The van der Waals surface area contributed by atoms with E-state index in [1.165, 1.54) is 6.07 Å². The number of nitrogens with one attached hydrogen (secondary N) is 1. The van der Waals surface area contributed by atoms with Crippen molar-refractivity contribution < 1.29 is 14.2 Å². The van der Waals surface area contributed by atoms with E-state index in [2.05, 4.69) is 10.5 Å². The third kappa shape index (κ3) is 3.47. The Bertz CT molecular complexity index is 569. The number of benzene rings is 1. The molecule has 0 spiro atoms. The van der Waals surface area contributed by atoms with Crippen molar-refractivity contribution in [3.63, 3.8) is 0 Å². The van der Waals surface area contributed by atoms with E-state index in [1.54, 1.807) is 24.4 Å². The van der Waals surface area contributed by atoms with Crippen molar-refractivity contribution in [2.45, 2.75) is 19.9 Å². The molecule has 0 radical (unpaired) electrons. The zero-order valence-electron chi connectivity index (χ0n) is 11.0. The van der Waals surface area contributed by atoms with Crippen LogP contribution in [0.3, 0.4) is 0 Å². The summed E-state index contributed by atoms with van der Waals surface area (Å²) < 4.78 is 10.4. The lowest BCUT2D eigenvalue weighted by molar-refractivity contribution is -0.385. The van der Waals surface area contributed by atoms with Gasteiger partial charge in [0.1, 0.15) is 0 Å². The highest BCUT2D eigenvalue weighted by Gasteiger charge is 2.15. The summed E-state index contributed by atoms with van der Waals surface area (Å²) in [4.78, 5) is 10.5. The predicted molar refractivity (Wildman–Crippen MR) is 72.7 cm³/mol. The zero-order valence-corrected chi connectivity index (χ0v) is 11.0. The van der Waals surface area contributed by atoms with Gasteiger partial charge in [-0.2, -0.15) is 0 Å². The van der Waals surface area contributed by atoms with Crippen LogP contribution in [0.2, 0.25) is 0 Å². The molecule has 0 amide bonds. The lowest BCUT2D eigenvalue weighted by Gasteiger charge is -2.09. The first-order valence-corrected chi connectivity index (χ1v) is 6.25. The van der Waals surface area contributed by atoms with Gasteiger partial charge in [-0.15, -0.1) is 0 Å². The Kier molecular flexibility index (Phi) is 4.54. The SMILES string of the molecule is CCCOc1cc(NCc2ccno2)ccc1[N+](=O)[O-]. The van der Waals surface area contributed by atoms with Gasteiger partial charge >= 0.3 is 5.69 Å². The molecule has 0 unspecified atom stereocenters. The van der Waals surface area contributed by atoms with Crippen molar-refractivity contribution in [3.8, 4) is 5.75 Å². The van der Waals surface area contributed by atoms with Crippen LogP contribution in [0.4, 0.5) is 11.4 Å². The molecule has 106 valence electrons. The van der Waals surface area contributed by atoms with Crippen LogP contribution in [0, 0.1) is 10.1 Å². The Morgan fingerprint density at radius 3 is 2.95 bits per heavy atom. The minimum Gasteiger partial charge on any atom is -0.487 e. The van der Waals surface area contributed by atoms with Gasteiger partial charge in [0.05, 0.1) is 24.3 Å². The first-order chi connectivity index (χ1) is 9.70. The molecule has 1 N–H and O–H groups in total. The highest BCUT2D eigenvalue weighted by molar-refractivity contribution is 5.58. The molecule has 1 aromatic carbocycles. The Balaban J connectivity index is 2.11. The average molecular weight is 277 g/mol. The average Bonchev–Trinajstić information content (AvgIpc) is 2.96. The second-order valence-corrected chi connectivity index (χ2v) is 4.12. The lowest BCUT2D eigenvalue weighted by Crippen LogP contribution is -2.02. The summed E-state index contributed by atoms with van der Waals surface area (Å²) in [5, 5.41) is 17.6. The number of nitro benzene ring substituents is 1. The van der Waals surface area contributed by atoms with Gasteiger partial charge in [0.2, 0.25) is 0 Å². The zero-order chi connectivity index (χ0) is 14.4. The van der Waals surface area contributed by atoms with E-state index in [4.69, 9.17) is 9.26 Å².